The van der Waals surface area contributed by atoms with Crippen LogP contribution in [-0.2, 0) is 16.6 Å². The van der Waals surface area contributed by atoms with Gasteiger partial charge in [0.15, 0.2) is 5.96 Å². The number of rotatable bonds is 8. The summed E-state index contributed by atoms with van der Waals surface area (Å²) in [5.41, 5.74) is 0.901. The number of guanidine groups is 1. The van der Waals surface area contributed by atoms with Crippen LogP contribution in [0, 0.1) is 5.41 Å². The first kappa shape index (κ1) is 25.1. The molecule has 0 spiro atoms. The molecule has 1 aliphatic carbocycles. The zero-order chi connectivity index (χ0) is 19.8. The van der Waals surface area contributed by atoms with Crippen molar-refractivity contribution in [2.75, 3.05) is 19.7 Å². The molecule has 1 fully saturated rings. The molecule has 0 aliphatic heterocycles. The van der Waals surface area contributed by atoms with Crippen molar-refractivity contribution < 1.29 is 13.5 Å². The highest BCUT2D eigenvalue weighted by molar-refractivity contribution is 14.0. The minimum Gasteiger partial charge on any atom is -0.396 e. The number of sulfonamides is 1. The highest BCUT2D eigenvalue weighted by Gasteiger charge is 2.31. The Bertz CT molecular complexity index is 729. The van der Waals surface area contributed by atoms with Crippen molar-refractivity contribution in [1.82, 2.24) is 10.6 Å². The molecule has 1 aromatic carbocycles. The summed E-state index contributed by atoms with van der Waals surface area (Å²) >= 11 is 0. The molecule has 28 heavy (non-hydrogen) atoms. The quantitative estimate of drug-likeness (QED) is 0.237. The lowest BCUT2D eigenvalue weighted by Gasteiger charge is -2.37. The fourth-order valence-electron chi connectivity index (χ4n) is 3.66. The number of primary sulfonamides is 1. The van der Waals surface area contributed by atoms with Crippen LogP contribution in [0.1, 0.15) is 51.0 Å². The monoisotopic (exact) mass is 524 g/mol. The maximum absolute atomic E-state index is 11.5. The molecule has 0 aromatic heterocycles. The van der Waals surface area contributed by atoms with Gasteiger partial charge >= 0.3 is 0 Å². The Morgan fingerprint density at radius 2 is 1.96 bits per heavy atom. The van der Waals surface area contributed by atoms with Gasteiger partial charge < -0.3 is 15.7 Å². The minimum absolute atomic E-state index is 0. The average molecular weight is 524 g/mol. The van der Waals surface area contributed by atoms with Crippen molar-refractivity contribution in [3.63, 3.8) is 0 Å². The summed E-state index contributed by atoms with van der Waals surface area (Å²) in [6, 6.07) is 6.53. The van der Waals surface area contributed by atoms with E-state index in [4.69, 9.17) is 5.14 Å². The van der Waals surface area contributed by atoms with E-state index < -0.39 is 10.0 Å². The number of nitrogens with one attached hydrogen (secondary N) is 2. The van der Waals surface area contributed by atoms with Crippen LogP contribution in [0.5, 0.6) is 0 Å². The van der Waals surface area contributed by atoms with Gasteiger partial charge in [0.1, 0.15) is 0 Å². The van der Waals surface area contributed by atoms with E-state index >= 15 is 0 Å². The Labute approximate surface area is 185 Å². The molecule has 0 unspecified atom stereocenters. The van der Waals surface area contributed by atoms with E-state index in [0.29, 0.717) is 12.5 Å². The fraction of sp³-hybridized carbons (Fsp3) is 0.632. The van der Waals surface area contributed by atoms with Gasteiger partial charge in [0, 0.05) is 19.7 Å². The van der Waals surface area contributed by atoms with E-state index in [-0.39, 0.29) is 40.9 Å². The smallest absolute Gasteiger partial charge is 0.238 e. The van der Waals surface area contributed by atoms with Gasteiger partial charge in [0.25, 0.3) is 0 Å². The third-order valence-corrected chi connectivity index (χ3v) is 6.09. The molecule has 2 rings (SSSR count). The Morgan fingerprint density at radius 3 is 2.57 bits per heavy atom. The van der Waals surface area contributed by atoms with Crippen LogP contribution in [0.25, 0.3) is 0 Å². The number of benzene rings is 1. The number of aliphatic hydroxyl groups is 1. The molecule has 9 heteroatoms. The van der Waals surface area contributed by atoms with Gasteiger partial charge in [0.05, 0.1) is 11.4 Å². The molecule has 0 atom stereocenters. The first-order chi connectivity index (χ1) is 12.9. The van der Waals surface area contributed by atoms with E-state index in [0.717, 1.165) is 37.9 Å². The molecule has 160 valence electrons. The van der Waals surface area contributed by atoms with Crippen LogP contribution in [0.3, 0.4) is 0 Å². The Balaban J connectivity index is 0.00000392. The second kappa shape index (κ2) is 11.9. The summed E-state index contributed by atoms with van der Waals surface area (Å²) in [6.07, 6.45) is 6.72. The van der Waals surface area contributed by atoms with Crippen molar-refractivity contribution in [3.8, 4) is 0 Å². The second-order valence-electron chi connectivity index (χ2n) is 7.28. The Kier molecular flexibility index (Phi) is 10.7. The average Bonchev–Trinajstić information content (AvgIpc) is 2.65. The Morgan fingerprint density at radius 1 is 1.25 bits per heavy atom. The number of halogens is 1. The van der Waals surface area contributed by atoms with Crippen LogP contribution in [0.15, 0.2) is 34.2 Å². The van der Waals surface area contributed by atoms with E-state index in [9.17, 15) is 13.5 Å². The second-order valence-corrected chi connectivity index (χ2v) is 8.84. The minimum atomic E-state index is -3.72. The van der Waals surface area contributed by atoms with E-state index in [1.54, 1.807) is 12.1 Å². The van der Waals surface area contributed by atoms with Gasteiger partial charge in [-0.25, -0.2) is 18.5 Å². The number of hydrogen-bond acceptors (Lipinski definition) is 4. The topological polar surface area (TPSA) is 117 Å². The lowest BCUT2D eigenvalue weighted by molar-refractivity contribution is 0.131. The van der Waals surface area contributed by atoms with Crippen LogP contribution in [0.2, 0.25) is 0 Å². The van der Waals surface area contributed by atoms with Crippen LogP contribution >= 0.6 is 24.0 Å². The largest absolute Gasteiger partial charge is 0.396 e. The number of nitrogens with zero attached hydrogens (tertiary/aromatic N) is 1. The molecule has 0 radical (unpaired) electrons. The van der Waals surface area contributed by atoms with Gasteiger partial charge in [-0.1, -0.05) is 31.4 Å². The lowest BCUT2D eigenvalue weighted by atomic mass is 9.72. The molecular weight excluding hydrogens is 491 g/mol. The molecule has 0 amide bonds. The van der Waals surface area contributed by atoms with Gasteiger partial charge in [-0.05, 0) is 49.3 Å². The molecular formula is C19H33IN4O3S. The SMILES string of the molecule is CCNC(=NCc1cccc(S(N)(=O)=O)c1)NCC1(CCO)CCCCC1.I. The van der Waals surface area contributed by atoms with Gasteiger partial charge in [-0.3, -0.25) is 0 Å². The molecule has 0 bridgehead atoms. The maximum Gasteiger partial charge on any atom is 0.238 e. The molecule has 1 saturated carbocycles. The summed E-state index contributed by atoms with van der Waals surface area (Å²) in [7, 11) is -3.72. The predicted molar refractivity (Wildman–Crippen MR) is 123 cm³/mol. The highest BCUT2D eigenvalue weighted by atomic mass is 127. The van der Waals surface area contributed by atoms with Crippen molar-refractivity contribution in [2.45, 2.75) is 56.9 Å². The van der Waals surface area contributed by atoms with E-state index in [2.05, 4.69) is 15.6 Å². The van der Waals surface area contributed by atoms with Gasteiger partial charge in [-0.15, -0.1) is 24.0 Å². The predicted octanol–water partition coefficient (Wildman–Crippen LogP) is 2.34. The number of aliphatic hydroxyl groups excluding tert-OH is 1. The molecule has 1 aliphatic rings. The maximum atomic E-state index is 11.5. The van der Waals surface area contributed by atoms with E-state index in [1.807, 2.05) is 13.0 Å². The zero-order valence-corrected chi connectivity index (χ0v) is 19.6. The first-order valence-electron chi connectivity index (χ1n) is 9.63. The van der Waals surface area contributed by atoms with Gasteiger partial charge in [-0.2, -0.15) is 0 Å². The molecule has 1 aromatic rings. The van der Waals surface area contributed by atoms with Crippen molar-refractivity contribution >= 4 is 40.0 Å². The lowest BCUT2D eigenvalue weighted by Crippen LogP contribution is -2.44. The summed E-state index contributed by atoms with van der Waals surface area (Å²) < 4.78 is 23.0. The van der Waals surface area contributed by atoms with Crippen LogP contribution in [-0.4, -0.2) is 39.2 Å². The molecule has 7 nitrogen and oxygen atoms in total. The summed E-state index contributed by atoms with van der Waals surface area (Å²) in [5, 5.41) is 21.3. The highest BCUT2D eigenvalue weighted by Crippen LogP contribution is 2.38. The molecule has 5 N–H and O–H groups in total. The Hall–Kier alpha value is -0.910. The normalized spacial score (nSPS) is 16.9. The first-order valence-corrected chi connectivity index (χ1v) is 11.2. The fourth-order valence-corrected chi connectivity index (χ4v) is 4.24. The van der Waals surface area contributed by atoms with Crippen molar-refractivity contribution in [2.24, 2.45) is 15.5 Å². The third kappa shape index (κ3) is 7.84. The van der Waals surface area contributed by atoms with Crippen molar-refractivity contribution in [3.05, 3.63) is 29.8 Å². The van der Waals surface area contributed by atoms with Crippen molar-refractivity contribution in [1.29, 1.82) is 0 Å². The van der Waals surface area contributed by atoms with Gasteiger partial charge in [0.2, 0.25) is 10.0 Å². The summed E-state index contributed by atoms with van der Waals surface area (Å²) in [6.45, 7) is 4.07. The van der Waals surface area contributed by atoms with E-state index in [1.165, 1.54) is 25.3 Å². The summed E-state index contributed by atoms with van der Waals surface area (Å²) in [4.78, 5) is 4.67. The molecule has 0 heterocycles. The summed E-state index contributed by atoms with van der Waals surface area (Å²) in [5.74, 6) is 0.696. The third-order valence-electron chi connectivity index (χ3n) is 5.18. The number of nitrogens with two attached hydrogens (primary N) is 1. The van der Waals surface area contributed by atoms with Crippen LogP contribution < -0.4 is 15.8 Å². The standard InChI is InChI=1S/C19H32N4O3S.HI/c1-2-21-18(23-15-19(11-12-24)9-4-3-5-10-19)22-14-16-7-6-8-17(13-16)27(20,25)26;/h6-8,13,24H,2-5,9-12,14-15H2,1H3,(H2,20,25,26)(H2,21,22,23);1H. The van der Waals surface area contributed by atoms with Crippen LogP contribution in [0.4, 0.5) is 0 Å². The molecule has 0 saturated heterocycles. The zero-order valence-electron chi connectivity index (χ0n) is 16.5. The number of hydrogen-bond donors (Lipinski definition) is 4. The number of aliphatic imine (C=N–C) groups is 1.